The monoisotopic (exact) mass is 341 g/mol. The third kappa shape index (κ3) is 1.75. The zero-order chi connectivity index (χ0) is 17.4. The lowest BCUT2D eigenvalue weighted by Gasteiger charge is -2.33. The summed E-state index contributed by atoms with van der Waals surface area (Å²) in [5, 5.41) is 0. The van der Waals surface area contributed by atoms with Gasteiger partial charge in [-0.3, -0.25) is 9.69 Å². The summed E-state index contributed by atoms with van der Waals surface area (Å²) in [6.07, 6.45) is -2.30. The molecular formula is C15H14F3N3O3. The summed E-state index contributed by atoms with van der Waals surface area (Å²) < 4.78 is 48.7. The molecule has 0 radical (unpaired) electrons. The van der Waals surface area contributed by atoms with Crippen LogP contribution in [-0.4, -0.2) is 37.7 Å². The molecule has 3 aliphatic rings. The smallest absolute Gasteiger partial charge is 0.415 e. The van der Waals surface area contributed by atoms with Gasteiger partial charge in [0.2, 0.25) is 5.91 Å². The van der Waals surface area contributed by atoms with Crippen molar-refractivity contribution in [2.75, 3.05) is 23.4 Å². The minimum absolute atomic E-state index is 0.0420. The van der Waals surface area contributed by atoms with E-state index in [0.717, 1.165) is 11.0 Å². The summed E-state index contributed by atoms with van der Waals surface area (Å²) in [6.45, 7) is 0.0420. The van der Waals surface area contributed by atoms with E-state index in [9.17, 15) is 22.8 Å². The molecule has 9 heteroatoms. The highest BCUT2D eigenvalue weighted by Gasteiger charge is 2.53. The van der Waals surface area contributed by atoms with Crippen molar-refractivity contribution in [2.45, 2.75) is 30.9 Å². The largest absolute Gasteiger partial charge is 0.442 e. The van der Waals surface area contributed by atoms with Crippen LogP contribution >= 0.6 is 0 Å². The Morgan fingerprint density at radius 2 is 2.12 bits per heavy atom. The van der Waals surface area contributed by atoms with Gasteiger partial charge in [0.15, 0.2) is 0 Å². The number of cyclic esters (lactones) is 1. The first kappa shape index (κ1) is 15.3. The fourth-order valence-electron chi connectivity index (χ4n) is 3.81. The number of rotatable bonds is 1. The number of fused-ring (bicyclic) bond motifs is 5. The van der Waals surface area contributed by atoms with Gasteiger partial charge in [0.25, 0.3) is 5.92 Å². The minimum atomic E-state index is -3.49. The average Bonchev–Trinajstić information content (AvgIpc) is 3.01. The Bertz CT molecular complexity index is 783. The second-order valence-corrected chi connectivity index (χ2v) is 6.21. The number of hydrogen-bond donors (Lipinski definition) is 1. The van der Waals surface area contributed by atoms with Gasteiger partial charge >= 0.3 is 6.09 Å². The molecule has 3 aliphatic heterocycles. The van der Waals surface area contributed by atoms with Gasteiger partial charge in [-0.2, -0.15) is 0 Å². The van der Waals surface area contributed by atoms with Crippen molar-refractivity contribution in [3.8, 4) is 0 Å². The Kier molecular flexibility index (Phi) is 2.94. The number of hydrogen-bond acceptors (Lipinski definition) is 4. The summed E-state index contributed by atoms with van der Waals surface area (Å²) >= 11 is 0. The molecule has 0 bridgehead atoms. The number of ether oxygens (including phenoxy) is 1. The average molecular weight is 341 g/mol. The highest BCUT2D eigenvalue weighted by Crippen LogP contribution is 2.52. The molecular weight excluding hydrogens is 327 g/mol. The van der Waals surface area contributed by atoms with Gasteiger partial charge in [0.1, 0.15) is 11.9 Å². The van der Waals surface area contributed by atoms with Crippen LogP contribution in [0.3, 0.4) is 0 Å². The first-order valence-electron chi connectivity index (χ1n) is 7.46. The second-order valence-electron chi connectivity index (χ2n) is 6.21. The van der Waals surface area contributed by atoms with Gasteiger partial charge in [-0.15, -0.1) is 0 Å². The van der Waals surface area contributed by atoms with Crippen LogP contribution in [-0.2, 0) is 21.9 Å². The lowest BCUT2D eigenvalue weighted by molar-refractivity contribution is -0.127. The number of anilines is 2. The van der Waals surface area contributed by atoms with E-state index in [0.29, 0.717) is 0 Å². The summed E-state index contributed by atoms with van der Waals surface area (Å²) in [7, 11) is 1.26. The molecule has 4 rings (SSSR count). The quantitative estimate of drug-likeness (QED) is 0.840. The van der Waals surface area contributed by atoms with E-state index in [4.69, 9.17) is 10.5 Å². The summed E-state index contributed by atoms with van der Waals surface area (Å²) in [6, 6.07) is 0.474. The molecule has 1 aromatic carbocycles. The van der Waals surface area contributed by atoms with Crippen molar-refractivity contribution in [1.29, 1.82) is 0 Å². The number of nitrogens with zero attached hydrogens (tertiary/aromatic N) is 2. The molecule has 1 fully saturated rings. The van der Waals surface area contributed by atoms with Crippen molar-refractivity contribution in [1.82, 2.24) is 0 Å². The molecule has 0 saturated carbocycles. The fourth-order valence-corrected chi connectivity index (χ4v) is 3.81. The number of benzene rings is 1. The number of alkyl halides is 2. The van der Waals surface area contributed by atoms with Gasteiger partial charge in [-0.25, -0.2) is 18.0 Å². The second kappa shape index (κ2) is 4.62. The van der Waals surface area contributed by atoms with E-state index in [1.54, 1.807) is 0 Å². The van der Waals surface area contributed by atoms with Gasteiger partial charge in [-0.1, -0.05) is 0 Å². The first-order valence-corrected chi connectivity index (χ1v) is 7.46. The number of nitrogens with two attached hydrogens (primary N) is 1. The molecule has 1 saturated heterocycles. The molecule has 2 N–H and O–H groups in total. The Labute approximate surface area is 134 Å². The molecule has 0 aromatic heterocycles. The highest BCUT2D eigenvalue weighted by molar-refractivity contribution is 6.00. The Balaban J connectivity index is 1.95. The van der Waals surface area contributed by atoms with E-state index in [2.05, 4.69) is 0 Å². The zero-order valence-corrected chi connectivity index (χ0v) is 12.7. The van der Waals surface area contributed by atoms with Crippen LogP contribution in [0.5, 0.6) is 0 Å². The number of carbonyl (C=O) groups is 2. The van der Waals surface area contributed by atoms with Gasteiger partial charge in [0, 0.05) is 19.7 Å². The fraction of sp³-hybridized carbons (Fsp3) is 0.467. The molecule has 0 unspecified atom stereocenters. The molecule has 2 atom stereocenters. The van der Waals surface area contributed by atoms with Crippen LogP contribution in [0.4, 0.5) is 29.3 Å². The van der Waals surface area contributed by atoms with Crippen LogP contribution in [0.1, 0.15) is 17.5 Å². The summed E-state index contributed by atoms with van der Waals surface area (Å²) in [4.78, 5) is 25.9. The normalized spacial score (nSPS) is 27.0. The molecule has 128 valence electrons. The van der Waals surface area contributed by atoms with Crippen LogP contribution in [0.25, 0.3) is 0 Å². The van der Waals surface area contributed by atoms with E-state index in [1.807, 2.05) is 0 Å². The van der Waals surface area contributed by atoms with Crippen LogP contribution in [0.2, 0.25) is 0 Å². The van der Waals surface area contributed by atoms with Crippen molar-refractivity contribution in [3.05, 3.63) is 23.0 Å². The van der Waals surface area contributed by atoms with Crippen LogP contribution < -0.4 is 15.5 Å². The lowest BCUT2D eigenvalue weighted by atomic mass is 9.89. The number of halogens is 3. The Morgan fingerprint density at radius 3 is 2.79 bits per heavy atom. The van der Waals surface area contributed by atoms with Gasteiger partial charge in [-0.05, 0) is 12.0 Å². The van der Waals surface area contributed by atoms with Crippen molar-refractivity contribution >= 4 is 23.4 Å². The number of amides is 2. The van der Waals surface area contributed by atoms with E-state index >= 15 is 0 Å². The molecule has 0 aliphatic carbocycles. The standard InChI is InChI=1S/C15H14F3N3O3/c1-20-11(22)4-15(17,18)12-6-2-9-10(5-19)24-14(23)21(9)8(6)3-7(16)13(12)20/h3,9-10H,2,4-5,19H2,1H3/t9-,10-/m0/s1. The molecule has 6 nitrogen and oxygen atoms in total. The van der Waals surface area contributed by atoms with E-state index in [-0.39, 0.29) is 24.2 Å². The van der Waals surface area contributed by atoms with Gasteiger partial charge in [0.05, 0.1) is 29.4 Å². The maximum absolute atomic E-state index is 14.5. The van der Waals surface area contributed by atoms with Crippen LogP contribution in [0, 0.1) is 5.82 Å². The van der Waals surface area contributed by atoms with Gasteiger partial charge < -0.3 is 15.4 Å². The molecule has 3 heterocycles. The van der Waals surface area contributed by atoms with Crippen LogP contribution in [0.15, 0.2) is 6.07 Å². The zero-order valence-electron chi connectivity index (χ0n) is 12.7. The van der Waals surface area contributed by atoms with Crippen molar-refractivity contribution < 1.29 is 27.5 Å². The summed E-state index contributed by atoms with van der Waals surface area (Å²) in [5.41, 5.74) is 4.88. The predicted molar refractivity (Wildman–Crippen MR) is 77.6 cm³/mol. The Morgan fingerprint density at radius 1 is 1.42 bits per heavy atom. The maximum atomic E-state index is 14.5. The molecule has 0 spiro atoms. The third-order valence-corrected chi connectivity index (χ3v) is 4.90. The number of carbonyl (C=O) groups excluding carboxylic acids is 2. The highest BCUT2D eigenvalue weighted by atomic mass is 19.3. The topological polar surface area (TPSA) is 75.9 Å². The van der Waals surface area contributed by atoms with E-state index < -0.39 is 53.6 Å². The first-order chi connectivity index (χ1) is 11.3. The molecule has 1 aromatic rings. The SMILES string of the molecule is CN1C(=O)CC(F)(F)c2c3c(cc(F)c21)N1C(=O)O[C@@H](CN)[C@@H]1C3. The third-order valence-electron chi connectivity index (χ3n) is 4.90. The summed E-state index contributed by atoms with van der Waals surface area (Å²) in [5.74, 6) is -5.32. The predicted octanol–water partition coefficient (Wildman–Crippen LogP) is 1.49. The van der Waals surface area contributed by atoms with Crippen molar-refractivity contribution in [3.63, 3.8) is 0 Å². The Hall–Kier alpha value is -2.29. The van der Waals surface area contributed by atoms with E-state index in [1.165, 1.54) is 11.9 Å². The lowest BCUT2D eigenvalue weighted by Crippen LogP contribution is -2.40. The van der Waals surface area contributed by atoms with Crippen molar-refractivity contribution in [2.24, 2.45) is 5.73 Å². The minimum Gasteiger partial charge on any atom is -0.442 e. The molecule has 24 heavy (non-hydrogen) atoms. The molecule has 2 amide bonds. The maximum Gasteiger partial charge on any atom is 0.415 e.